The summed E-state index contributed by atoms with van der Waals surface area (Å²) in [6, 6.07) is 8.49. The summed E-state index contributed by atoms with van der Waals surface area (Å²) in [5, 5.41) is 0. The van der Waals surface area contributed by atoms with Gasteiger partial charge in [0.2, 0.25) is 0 Å². The number of ether oxygens (including phenoxy) is 5. The fourth-order valence-electron chi connectivity index (χ4n) is 4.22. The summed E-state index contributed by atoms with van der Waals surface area (Å²) in [4.78, 5) is 40.5. The SMILES string of the molecule is C/C=C/C(C)O[C@@H]1[C@@H](Cc2ccccc2)COC[C@H](N(C(=O)OC(C)(C)C)C(=O)OC(C)(C)C)C(=O)O[C@H]1C. The number of imide groups is 1. The highest BCUT2D eigenvalue weighted by molar-refractivity contribution is 5.94. The van der Waals surface area contributed by atoms with Crippen LogP contribution in [0.5, 0.6) is 0 Å². The van der Waals surface area contributed by atoms with Crippen LogP contribution in [0.2, 0.25) is 0 Å². The third-order valence-electron chi connectivity index (χ3n) is 5.78. The normalized spacial score (nSPS) is 23.7. The number of rotatable bonds is 6. The van der Waals surface area contributed by atoms with Crippen molar-refractivity contribution in [1.82, 2.24) is 4.90 Å². The number of carbonyl (C=O) groups is 3. The molecule has 39 heavy (non-hydrogen) atoms. The standard InChI is InChI=1S/C30H45NO8/c1-10-14-20(2)36-25-21(3)37-26(32)24(19-35-18-23(25)17-22-15-12-11-13-16-22)31(27(33)38-29(4,5)6)28(34)39-30(7,8)9/h10-16,20-21,23-25H,17-19H2,1-9H3/b14-10+/t20?,21-,23-,24-,25-/m0/s1. The number of amides is 2. The van der Waals surface area contributed by atoms with E-state index in [1.807, 2.05) is 56.3 Å². The molecular formula is C30H45NO8. The highest BCUT2D eigenvalue weighted by Crippen LogP contribution is 2.26. The maximum Gasteiger partial charge on any atom is 0.420 e. The van der Waals surface area contributed by atoms with E-state index in [0.29, 0.717) is 11.3 Å². The molecule has 218 valence electrons. The molecule has 0 saturated carbocycles. The van der Waals surface area contributed by atoms with Crippen LogP contribution in [0.15, 0.2) is 42.5 Å². The first-order chi connectivity index (χ1) is 18.1. The molecule has 0 N–H and O–H groups in total. The monoisotopic (exact) mass is 547 g/mol. The molecule has 1 saturated heterocycles. The molecule has 1 unspecified atom stereocenters. The van der Waals surface area contributed by atoms with Crippen molar-refractivity contribution in [1.29, 1.82) is 0 Å². The molecule has 1 heterocycles. The molecule has 0 aromatic heterocycles. The van der Waals surface area contributed by atoms with Crippen molar-refractivity contribution < 1.29 is 38.1 Å². The molecule has 5 atom stereocenters. The van der Waals surface area contributed by atoms with E-state index in [2.05, 4.69) is 0 Å². The quantitative estimate of drug-likeness (QED) is 0.254. The Morgan fingerprint density at radius 1 is 1.03 bits per heavy atom. The van der Waals surface area contributed by atoms with Crippen molar-refractivity contribution in [2.45, 2.75) is 104 Å². The first-order valence-electron chi connectivity index (χ1n) is 13.5. The fourth-order valence-corrected chi connectivity index (χ4v) is 4.22. The highest BCUT2D eigenvalue weighted by Gasteiger charge is 2.44. The van der Waals surface area contributed by atoms with E-state index < -0.39 is 47.6 Å². The summed E-state index contributed by atoms with van der Waals surface area (Å²) in [5.74, 6) is -0.995. The summed E-state index contributed by atoms with van der Waals surface area (Å²) in [6.07, 6.45) is 0.914. The average Bonchev–Trinajstić information content (AvgIpc) is 2.83. The van der Waals surface area contributed by atoms with E-state index in [1.54, 1.807) is 48.5 Å². The summed E-state index contributed by atoms with van der Waals surface area (Å²) in [7, 11) is 0. The lowest BCUT2D eigenvalue weighted by Crippen LogP contribution is -2.54. The van der Waals surface area contributed by atoms with Crippen LogP contribution in [0, 0.1) is 5.92 Å². The zero-order valence-corrected chi connectivity index (χ0v) is 24.8. The predicted octanol–water partition coefficient (Wildman–Crippen LogP) is 5.70. The van der Waals surface area contributed by atoms with Crippen LogP contribution in [0.25, 0.3) is 0 Å². The van der Waals surface area contributed by atoms with Crippen LogP contribution < -0.4 is 0 Å². The number of allylic oxidation sites excluding steroid dienone is 1. The second-order valence-corrected chi connectivity index (χ2v) is 11.8. The first kappa shape index (κ1) is 32.3. The summed E-state index contributed by atoms with van der Waals surface area (Å²) in [6.45, 7) is 15.5. The Bertz CT molecular complexity index is 951. The molecule has 0 radical (unpaired) electrons. The molecule has 1 aromatic rings. The van der Waals surface area contributed by atoms with E-state index >= 15 is 0 Å². The Hall–Kier alpha value is -2.91. The van der Waals surface area contributed by atoms with Gasteiger partial charge in [-0.25, -0.2) is 14.4 Å². The average molecular weight is 548 g/mol. The second kappa shape index (κ2) is 13.9. The molecule has 2 rings (SSSR count). The van der Waals surface area contributed by atoms with Crippen LogP contribution >= 0.6 is 0 Å². The molecule has 0 bridgehead atoms. The van der Waals surface area contributed by atoms with Gasteiger partial charge in [-0.15, -0.1) is 0 Å². The lowest BCUT2D eigenvalue weighted by atomic mass is 9.91. The third kappa shape index (κ3) is 10.6. The Morgan fingerprint density at radius 2 is 1.59 bits per heavy atom. The summed E-state index contributed by atoms with van der Waals surface area (Å²) < 4.78 is 29.2. The van der Waals surface area contributed by atoms with Gasteiger partial charge < -0.3 is 23.7 Å². The Morgan fingerprint density at radius 3 is 2.10 bits per heavy atom. The van der Waals surface area contributed by atoms with Crippen molar-refractivity contribution in [3.8, 4) is 0 Å². The zero-order chi connectivity index (χ0) is 29.4. The van der Waals surface area contributed by atoms with Crippen LogP contribution in [0.3, 0.4) is 0 Å². The van der Waals surface area contributed by atoms with Crippen molar-refractivity contribution in [3.05, 3.63) is 48.0 Å². The minimum atomic E-state index is -1.42. The van der Waals surface area contributed by atoms with E-state index in [1.165, 1.54) is 0 Å². The number of benzene rings is 1. The third-order valence-corrected chi connectivity index (χ3v) is 5.78. The molecule has 0 spiro atoms. The molecule has 1 aromatic carbocycles. The van der Waals surface area contributed by atoms with Crippen molar-refractivity contribution >= 4 is 18.2 Å². The van der Waals surface area contributed by atoms with Crippen molar-refractivity contribution in [2.75, 3.05) is 13.2 Å². The second-order valence-electron chi connectivity index (χ2n) is 11.8. The minimum absolute atomic E-state index is 0.182. The molecule has 1 aliphatic rings. The van der Waals surface area contributed by atoms with Gasteiger partial charge in [0, 0.05) is 5.92 Å². The molecule has 9 nitrogen and oxygen atoms in total. The van der Waals surface area contributed by atoms with E-state index in [9.17, 15) is 14.4 Å². The molecule has 9 heteroatoms. The fraction of sp³-hybridized carbons (Fsp3) is 0.633. The van der Waals surface area contributed by atoms with Crippen LogP contribution in [0.1, 0.15) is 67.9 Å². The van der Waals surface area contributed by atoms with E-state index in [-0.39, 0.29) is 25.2 Å². The van der Waals surface area contributed by atoms with Crippen molar-refractivity contribution in [2.24, 2.45) is 5.92 Å². The number of cyclic esters (lactones) is 1. The largest absolute Gasteiger partial charge is 0.458 e. The molecule has 1 aliphatic heterocycles. The summed E-state index contributed by atoms with van der Waals surface area (Å²) >= 11 is 0. The van der Waals surface area contributed by atoms with E-state index in [4.69, 9.17) is 23.7 Å². The van der Waals surface area contributed by atoms with Gasteiger partial charge in [0.1, 0.15) is 23.4 Å². The first-order valence-corrected chi connectivity index (χ1v) is 13.5. The minimum Gasteiger partial charge on any atom is -0.458 e. The van der Waals surface area contributed by atoms with Gasteiger partial charge in [-0.3, -0.25) is 0 Å². The topological polar surface area (TPSA) is 101 Å². The molecule has 1 fully saturated rings. The van der Waals surface area contributed by atoms with E-state index in [0.717, 1.165) is 5.56 Å². The maximum atomic E-state index is 13.5. The Balaban J connectivity index is 2.43. The number of esters is 1. The lowest BCUT2D eigenvalue weighted by molar-refractivity contribution is -0.165. The Kier molecular flexibility index (Phi) is 11.5. The smallest absolute Gasteiger partial charge is 0.420 e. The van der Waals surface area contributed by atoms with Crippen LogP contribution in [-0.2, 0) is 34.9 Å². The van der Waals surface area contributed by atoms with Gasteiger partial charge in [-0.1, -0.05) is 42.5 Å². The van der Waals surface area contributed by atoms with Crippen LogP contribution in [0.4, 0.5) is 9.59 Å². The van der Waals surface area contributed by atoms with Gasteiger partial charge in [0.25, 0.3) is 0 Å². The lowest BCUT2D eigenvalue weighted by Gasteiger charge is -2.33. The van der Waals surface area contributed by atoms with Crippen molar-refractivity contribution in [3.63, 3.8) is 0 Å². The number of hydrogen-bond donors (Lipinski definition) is 0. The number of nitrogens with zero attached hydrogens (tertiary/aromatic N) is 1. The number of carbonyl (C=O) groups excluding carboxylic acids is 3. The van der Waals surface area contributed by atoms with Gasteiger partial charge >= 0.3 is 18.2 Å². The zero-order valence-electron chi connectivity index (χ0n) is 24.8. The maximum absolute atomic E-state index is 13.5. The van der Waals surface area contributed by atoms with Gasteiger partial charge in [0.05, 0.1) is 19.3 Å². The molecule has 0 aliphatic carbocycles. The van der Waals surface area contributed by atoms with Gasteiger partial charge in [-0.05, 0) is 74.3 Å². The highest BCUT2D eigenvalue weighted by atomic mass is 16.6. The molecular weight excluding hydrogens is 502 g/mol. The predicted molar refractivity (Wildman–Crippen MR) is 147 cm³/mol. The van der Waals surface area contributed by atoms with Gasteiger partial charge in [0.15, 0.2) is 6.04 Å². The Labute approximate surface area is 232 Å². The number of hydrogen-bond acceptors (Lipinski definition) is 8. The van der Waals surface area contributed by atoms with Crippen LogP contribution in [-0.4, -0.2) is 71.8 Å². The summed E-state index contributed by atoms with van der Waals surface area (Å²) in [5.41, 5.74) is -0.760. The van der Waals surface area contributed by atoms with Gasteiger partial charge in [-0.2, -0.15) is 4.90 Å². The molecule has 2 amide bonds.